The van der Waals surface area contributed by atoms with Crippen molar-refractivity contribution >= 4 is 22.6 Å². The topological polar surface area (TPSA) is 66.9 Å². The fourth-order valence-electron chi connectivity index (χ4n) is 1.09. The van der Waals surface area contributed by atoms with Crippen LogP contribution in [0.5, 0.6) is 0 Å². The molecular formula is C9H15FN4OS. The molecule has 0 saturated carbocycles. The Morgan fingerprint density at radius 1 is 1.56 bits per heavy atom. The number of hydrogen-bond donors (Lipinski definition) is 2. The lowest BCUT2D eigenvalue weighted by molar-refractivity contribution is 0.617. The molecule has 0 amide bonds. The summed E-state index contributed by atoms with van der Waals surface area (Å²) in [4.78, 5) is 7.65. The number of rotatable bonds is 6. The van der Waals surface area contributed by atoms with Crippen LogP contribution in [0.4, 0.5) is 16.2 Å². The van der Waals surface area contributed by atoms with Crippen LogP contribution >= 0.6 is 0 Å². The van der Waals surface area contributed by atoms with Gasteiger partial charge in [0.15, 0.2) is 11.6 Å². The van der Waals surface area contributed by atoms with Crippen LogP contribution in [-0.4, -0.2) is 39.8 Å². The zero-order chi connectivity index (χ0) is 12.0. The molecule has 7 heteroatoms. The Morgan fingerprint density at radius 3 is 2.94 bits per heavy atom. The largest absolute Gasteiger partial charge is 0.367 e. The van der Waals surface area contributed by atoms with Crippen molar-refractivity contribution in [3.63, 3.8) is 0 Å². The summed E-state index contributed by atoms with van der Waals surface area (Å²) in [6.07, 6.45) is 3.46. The van der Waals surface area contributed by atoms with Crippen molar-refractivity contribution in [2.24, 2.45) is 0 Å². The first kappa shape index (κ1) is 12.8. The van der Waals surface area contributed by atoms with E-state index in [0.717, 1.165) is 6.20 Å². The number of nitrogens with one attached hydrogen (secondary N) is 2. The zero-order valence-corrected chi connectivity index (χ0v) is 10.1. The molecule has 1 heterocycles. The number of anilines is 2. The molecule has 1 rings (SSSR count). The summed E-state index contributed by atoms with van der Waals surface area (Å²) in [5, 5.41) is 5.57. The monoisotopic (exact) mass is 246 g/mol. The highest BCUT2D eigenvalue weighted by Crippen LogP contribution is 2.11. The standard InChI is InChI=1S/C9H15FN4OS/c1-11-9-13-6-7(10)8(14-9)12-4-3-5-16(2)15/h6H,3-5H2,1-2H3,(H2,11,12,13,14). The summed E-state index contributed by atoms with van der Waals surface area (Å²) >= 11 is 0. The van der Waals surface area contributed by atoms with Crippen molar-refractivity contribution < 1.29 is 8.60 Å². The maximum atomic E-state index is 13.2. The maximum Gasteiger partial charge on any atom is 0.224 e. The minimum absolute atomic E-state index is 0.168. The normalized spacial score (nSPS) is 12.2. The third-order valence-corrected chi connectivity index (χ3v) is 2.73. The minimum atomic E-state index is -0.814. The Kier molecular flexibility index (Phi) is 5.10. The second-order valence-electron chi connectivity index (χ2n) is 3.20. The van der Waals surface area contributed by atoms with E-state index < -0.39 is 16.6 Å². The van der Waals surface area contributed by atoms with Crippen LogP contribution in [0.2, 0.25) is 0 Å². The fraction of sp³-hybridized carbons (Fsp3) is 0.556. The highest BCUT2D eigenvalue weighted by molar-refractivity contribution is 7.84. The van der Waals surface area contributed by atoms with Gasteiger partial charge in [0.2, 0.25) is 5.95 Å². The predicted octanol–water partition coefficient (Wildman–Crippen LogP) is 0.838. The van der Waals surface area contributed by atoms with Crippen molar-refractivity contribution in [2.75, 3.05) is 36.2 Å². The van der Waals surface area contributed by atoms with Crippen molar-refractivity contribution in [1.29, 1.82) is 0 Å². The SMILES string of the molecule is CNc1ncc(F)c(NCCCS(C)=O)n1. The first-order valence-corrected chi connectivity index (χ1v) is 6.60. The van der Waals surface area contributed by atoms with Gasteiger partial charge >= 0.3 is 0 Å². The maximum absolute atomic E-state index is 13.2. The van der Waals surface area contributed by atoms with Gasteiger partial charge in [-0.15, -0.1) is 0 Å². The van der Waals surface area contributed by atoms with Crippen molar-refractivity contribution in [3.8, 4) is 0 Å². The molecule has 0 aromatic carbocycles. The molecule has 90 valence electrons. The summed E-state index contributed by atoms with van der Waals surface area (Å²) in [5.74, 6) is 0.638. The molecule has 0 aliphatic carbocycles. The second-order valence-corrected chi connectivity index (χ2v) is 4.75. The van der Waals surface area contributed by atoms with E-state index in [2.05, 4.69) is 20.6 Å². The molecular weight excluding hydrogens is 231 g/mol. The van der Waals surface area contributed by atoms with Crippen LogP contribution in [0.1, 0.15) is 6.42 Å². The van der Waals surface area contributed by atoms with Gasteiger partial charge in [0.25, 0.3) is 0 Å². The van der Waals surface area contributed by atoms with Gasteiger partial charge in [0.1, 0.15) is 0 Å². The average molecular weight is 246 g/mol. The molecule has 0 fully saturated rings. The number of aromatic nitrogens is 2. The smallest absolute Gasteiger partial charge is 0.224 e. The van der Waals surface area contributed by atoms with Gasteiger partial charge in [-0.25, -0.2) is 9.37 Å². The van der Waals surface area contributed by atoms with E-state index in [0.29, 0.717) is 24.7 Å². The van der Waals surface area contributed by atoms with Gasteiger partial charge in [-0.1, -0.05) is 0 Å². The number of nitrogens with zero attached hydrogens (tertiary/aromatic N) is 2. The van der Waals surface area contributed by atoms with E-state index in [1.807, 2.05) is 0 Å². The highest BCUT2D eigenvalue weighted by Gasteiger charge is 2.05. The number of hydrogen-bond acceptors (Lipinski definition) is 5. The average Bonchev–Trinajstić information content (AvgIpc) is 2.26. The molecule has 0 spiro atoms. The van der Waals surface area contributed by atoms with Crippen LogP contribution in [0.25, 0.3) is 0 Å². The van der Waals surface area contributed by atoms with E-state index in [-0.39, 0.29) is 5.82 Å². The Labute approximate surface area is 96.3 Å². The van der Waals surface area contributed by atoms with Crippen molar-refractivity contribution in [1.82, 2.24) is 9.97 Å². The summed E-state index contributed by atoms with van der Waals surface area (Å²) in [7, 11) is 0.850. The molecule has 1 aromatic rings. The Morgan fingerprint density at radius 2 is 2.31 bits per heavy atom. The molecule has 0 bridgehead atoms. The van der Waals surface area contributed by atoms with E-state index in [1.54, 1.807) is 13.3 Å². The van der Waals surface area contributed by atoms with Crippen LogP contribution < -0.4 is 10.6 Å². The van der Waals surface area contributed by atoms with E-state index >= 15 is 0 Å². The summed E-state index contributed by atoms with van der Waals surface area (Å²) in [6, 6.07) is 0. The molecule has 5 nitrogen and oxygen atoms in total. The van der Waals surface area contributed by atoms with Crippen LogP contribution in [0.15, 0.2) is 6.20 Å². The van der Waals surface area contributed by atoms with Gasteiger partial charge in [-0.2, -0.15) is 4.98 Å². The Balaban J connectivity index is 2.49. The van der Waals surface area contributed by atoms with Crippen molar-refractivity contribution in [3.05, 3.63) is 12.0 Å². The molecule has 1 atom stereocenters. The lowest BCUT2D eigenvalue weighted by atomic mass is 10.4. The first-order chi connectivity index (χ1) is 7.63. The second kappa shape index (κ2) is 6.37. The predicted molar refractivity (Wildman–Crippen MR) is 63.6 cm³/mol. The van der Waals surface area contributed by atoms with Crippen LogP contribution in [0.3, 0.4) is 0 Å². The summed E-state index contributed by atoms with van der Waals surface area (Å²) < 4.78 is 24.0. The molecule has 0 aliphatic rings. The third kappa shape index (κ3) is 4.09. The third-order valence-electron chi connectivity index (χ3n) is 1.87. The first-order valence-electron chi connectivity index (χ1n) is 4.87. The molecule has 0 saturated heterocycles. The van der Waals surface area contributed by atoms with Gasteiger partial charge < -0.3 is 10.6 Å². The van der Waals surface area contributed by atoms with Crippen molar-refractivity contribution in [2.45, 2.75) is 6.42 Å². The van der Waals surface area contributed by atoms with E-state index in [4.69, 9.17) is 0 Å². The number of halogens is 1. The minimum Gasteiger partial charge on any atom is -0.367 e. The molecule has 1 aromatic heterocycles. The highest BCUT2D eigenvalue weighted by atomic mass is 32.2. The van der Waals surface area contributed by atoms with Gasteiger partial charge in [0, 0.05) is 36.4 Å². The Hall–Kier alpha value is -1.24. The van der Waals surface area contributed by atoms with Crippen LogP contribution in [0, 0.1) is 5.82 Å². The molecule has 2 N–H and O–H groups in total. The molecule has 0 radical (unpaired) electrons. The van der Waals surface area contributed by atoms with E-state index in [9.17, 15) is 8.60 Å². The molecule has 16 heavy (non-hydrogen) atoms. The molecule has 0 aliphatic heterocycles. The lowest BCUT2D eigenvalue weighted by Crippen LogP contribution is -2.10. The zero-order valence-electron chi connectivity index (χ0n) is 9.29. The van der Waals surface area contributed by atoms with Gasteiger partial charge in [0.05, 0.1) is 6.20 Å². The quantitative estimate of drug-likeness (QED) is 0.728. The lowest BCUT2D eigenvalue weighted by Gasteiger charge is -2.07. The van der Waals surface area contributed by atoms with Gasteiger partial charge in [-0.05, 0) is 6.42 Å². The molecule has 1 unspecified atom stereocenters. The Bertz CT molecular complexity index is 375. The summed E-state index contributed by atoms with van der Waals surface area (Å²) in [5.41, 5.74) is 0. The fourth-order valence-corrected chi connectivity index (χ4v) is 1.64. The summed E-state index contributed by atoms with van der Waals surface area (Å²) in [6.45, 7) is 0.538. The van der Waals surface area contributed by atoms with E-state index in [1.165, 1.54) is 0 Å². The van der Waals surface area contributed by atoms with Gasteiger partial charge in [-0.3, -0.25) is 4.21 Å². The van der Waals surface area contributed by atoms with Crippen LogP contribution in [-0.2, 0) is 10.8 Å².